The third-order valence-corrected chi connectivity index (χ3v) is 5.27. The highest BCUT2D eigenvalue weighted by atomic mass is 16.5. The Morgan fingerprint density at radius 1 is 1.19 bits per heavy atom. The summed E-state index contributed by atoms with van der Waals surface area (Å²) in [5, 5.41) is 7.09. The van der Waals surface area contributed by atoms with E-state index in [1.54, 1.807) is 0 Å². The number of morpholine rings is 1. The molecular weight excluding hydrogens is 340 g/mol. The van der Waals surface area contributed by atoms with Crippen molar-refractivity contribution >= 4 is 5.82 Å². The van der Waals surface area contributed by atoms with E-state index in [1.807, 2.05) is 19.2 Å². The third kappa shape index (κ3) is 4.43. The lowest BCUT2D eigenvalue weighted by molar-refractivity contribution is 0.0179. The van der Waals surface area contributed by atoms with E-state index in [0.29, 0.717) is 0 Å². The molecule has 0 bridgehead atoms. The molecule has 2 N–H and O–H groups in total. The SMILES string of the molecule is Cc1nc2c(c(NC[C@H](c3ccccn3)N3CCOCC3)n1)CCNCC2. The van der Waals surface area contributed by atoms with Crippen LogP contribution in [0.3, 0.4) is 0 Å². The molecule has 0 radical (unpaired) electrons. The van der Waals surface area contributed by atoms with E-state index in [-0.39, 0.29) is 6.04 Å². The van der Waals surface area contributed by atoms with Gasteiger partial charge in [-0.2, -0.15) is 0 Å². The van der Waals surface area contributed by atoms with E-state index in [0.717, 1.165) is 76.1 Å². The summed E-state index contributed by atoms with van der Waals surface area (Å²) in [4.78, 5) is 16.5. The largest absolute Gasteiger partial charge is 0.379 e. The molecule has 0 aromatic carbocycles. The van der Waals surface area contributed by atoms with Crippen LogP contribution in [0, 0.1) is 6.92 Å². The first-order chi connectivity index (χ1) is 13.3. The number of nitrogens with zero attached hydrogens (tertiary/aromatic N) is 4. The highest BCUT2D eigenvalue weighted by Crippen LogP contribution is 2.24. The first-order valence-electron chi connectivity index (χ1n) is 9.85. The van der Waals surface area contributed by atoms with E-state index < -0.39 is 0 Å². The Bertz CT molecular complexity index is 748. The van der Waals surface area contributed by atoms with Crippen LogP contribution in [0.25, 0.3) is 0 Å². The molecule has 2 aromatic heterocycles. The van der Waals surface area contributed by atoms with Crippen molar-refractivity contribution in [3.63, 3.8) is 0 Å². The molecule has 7 nitrogen and oxygen atoms in total. The maximum absolute atomic E-state index is 5.54. The fourth-order valence-corrected chi connectivity index (χ4v) is 3.89. The van der Waals surface area contributed by atoms with Crippen LogP contribution >= 0.6 is 0 Å². The Balaban J connectivity index is 1.56. The zero-order chi connectivity index (χ0) is 18.5. The number of hydrogen-bond donors (Lipinski definition) is 2. The molecule has 0 aliphatic carbocycles. The molecule has 144 valence electrons. The zero-order valence-corrected chi connectivity index (χ0v) is 15.9. The second kappa shape index (κ2) is 8.73. The summed E-state index contributed by atoms with van der Waals surface area (Å²) in [6.07, 6.45) is 3.79. The van der Waals surface area contributed by atoms with Gasteiger partial charge in [0.15, 0.2) is 0 Å². The number of rotatable bonds is 5. The number of aryl methyl sites for hydroxylation is 1. The Hall–Kier alpha value is -2.09. The van der Waals surface area contributed by atoms with Crippen molar-refractivity contribution < 1.29 is 4.74 Å². The minimum Gasteiger partial charge on any atom is -0.379 e. The number of aromatic nitrogens is 3. The van der Waals surface area contributed by atoms with E-state index in [4.69, 9.17) is 9.72 Å². The van der Waals surface area contributed by atoms with Gasteiger partial charge in [0.05, 0.1) is 30.6 Å². The predicted molar refractivity (Wildman–Crippen MR) is 105 cm³/mol. The average molecular weight is 368 g/mol. The van der Waals surface area contributed by atoms with Gasteiger partial charge in [-0.1, -0.05) is 6.07 Å². The Morgan fingerprint density at radius 2 is 2.04 bits per heavy atom. The Kier molecular flexibility index (Phi) is 5.91. The van der Waals surface area contributed by atoms with Gasteiger partial charge in [-0.3, -0.25) is 9.88 Å². The van der Waals surface area contributed by atoms with Crippen LogP contribution in [-0.2, 0) is 17.6 Å². The van der Waals surface area contributed by atoms with Crippen LogP contribution in [-0.4, -0.2) is 65.8 Å². The molecule has 4 heterocycles. The van der Waals surface area contributed by atoms with E-state index in [1.165, 1.54) is 11.3 Å². The predicted octanol–water partition coefficient (Wildman–Crippen LogP) is 1.35. The van der Waals surface area contributed by atoms with Gasteiger partial charge in [-0.25, -0.2) is 9.97 Å². The van der Waals surface area contributed by atoms with Crippen LogP contribution in [0.1, 0.15) is 28.8 Å². The van der Waals surface area contributed by atoms with Crippen LogP contribution < -0.4 is 10.6 Å². The molecule has 0 saturated carbocycles. The van der Waals surface area contributed by atoms with Gasteiger partial charge in [0.25, 0.3) is 0 Å². The molecule has 1 atom stereocenters. The van der Waals surface area contributed by atoms with Crippen LogP contribution in [0.15, 0.2) is 24.4 Å². The standard InChI is InChI=1S/C20H28N6O/c1-15-24-17-6-9-21-8-5-16(17)20(25-15)23-14-19(18-4-2-3-7-22-18)26-10-12-27-13-11-26/h2-4,7,19,21H,5-6,8-14H2,1H3,(H,23,24,25)/t19-/m1/s1. The lowest BCUT2D eigenvalue weighted by Gasteiger charge is -2.34. The van der Waals surface area contributed by atoms with Crippen molar-refractivity contribution in [3.05, 3.63) is 47.2 Å². The second-order valence-corrected chi connectivity index (χ2v) is 7.09. The minimum absolute atomic E-state index is 0.199. The fourth-order valence-electron chi connectivity index (χ4n) is 3.89. The number of pyridine rings is 1. The fraction of sp³-hybridized carbons (Fsp3) is 0.550. The van der Waals surface area contributed by atoms with Crippen LogP contribution in [0.4, 0.5) is 5.82 Å². The molecule has 2 aliphatic rings. The summed E-state index contributed by atoms with van der Waals surface area (Å²) in [7, 11) is 0. The van der Waals surface area contributed by atoms with Crippen molar-refractivity contribution in [2.45, 2.75) is 25.8 Å². The molecule has 2 aromatic rings. The lowest BCUT2D eigenvalue weighted by atomic mass is 10.1. The summed E-state index contributed by atoms with van der Waals surface area (Å²) < 4.78 is 5.54. The summed E-state index contributed by atoms with van der Waals surface area (Å²) in [6.45, 7) is 8.10. The normalized spacial score (nSPS) is 19.1. The highest BCUT2D eigenvalue weighted by Gasteiger charge is 2.24. The van der Waals surface area contributed by atoms with Gasteiger partial charge in [-0.05, 0) is 32.0 Å². The van der Waals surface area contributed by atoms with E-state index in [2.05, 4.69) is 37.6 Å². The quantitative estimate of drug-likeness (QED) is 0.825. The molecule has 4 rings (SSSR count). The van der Waals surface area contributed by atoms with Gasteiger partial charge < -0.3 is 15.4 Å². The van der Waals surface area contributed by atoms with Gasteiger partial charge in [-0.15, -0.1) is 0 Å². The average Bonchev–Trinajstić information content (AvgIpc) is 2.95. The number of anilines is 1. The van der Waals surface area contributed by atoms with Crippen molar-refractivity contribution in [1.29, 1.82) is 0 Å². The van der Waals surface area contributed by atoms with Crippen LogP contribution in [0.2, 0.25) is 0 Å². The van der Waals surface area contributed by atoms with Crippen molar-refractivity contribution in [1.82, 2.24) is 25.2 Å². The van der Waals surface area contributed by atoms with E-state index in [9.17, 15) is 0 Å². The molecular formula is C20H28N6O. The first-order valence-corrected chi connectivity index (χ1v) is 9.85. The Labute approximate surface area is 160 Å². The van der Waals surface area contributed by atoms with E-state index >= 15 is 0 Å². The van der Waals surface area contributed by atoms with Gasteiger partial charge in [0.2, 0.25) is 0 Å². The van der Waals surface area contributed by atoms with Crippen molar-refractivity contribution in [2.24, 2.45) is 0 Å². The molecule has 0 unspecified atom stereocenters. The zero-order valence-electron chi connectivity index (χ0n) is 15.9. The summed E-state index contributed by atoms with van der Waals surface area (Å²) in [5.74, 6) is 1.81. The summed E-state index contributed by atoms with van der Waals surface area (Å²) in [6, 6.07) is 6.33. The summed E-state index contributed by atoms with van der Waals surface area (Å²) in [5.41, 5.74) is 3.52. The molecule has 1 fully saturated rings. The topological polar surface area (TPSA) is 75.2 Å². The number of hydrogen-bond acceptors (Lipinski definition) is 7. The molecule has 2 aliphatic heterocycles. The second-order valence-electron chi connectivity index (χ2n) is 7.09. The Morgan fingerprint density at radius 3 is 2.85 bits per heavy atom. The molecule has 0 amide bonds. The maximum Gasteiger partial charge on any atom is 0.133 e. The summed E-state index contributed by atoms with van der Waals surface area (Å²) >= 11 is 0. The molecule has 0 spiro atoms. The van der Waals surface area contributed by atoms with Gasteiger partial charge in [0.1, 0.15) is 11.6 Å². The molecule has 7 heteroatoms. The molecule has 1 saturated heterocycles. The smallest absolute Gasteiger partial charge is 0.133 e. The number of nitrogens with one attached hydrogen (secondary N) is 2. The third-order valence-electron chi connectivity index (χ3n) is 5.27. The van der Waals surface area contributed by atoms with Crippen molar-refractivity contribution in [2.75, 3.05) is 51.3 Å². The lowest BCUT2D eigenvalue weighted by Crippen LogP contribution is -2.42. The van der Waals surface area contributed by atoms with Crippen LogP contribution in [0.5, 0.6) is 0 Å². The highest BCUT2D eigenvalue weighted by molar-refractivity contribution is 5.48. The first kappa shape index (κ1) is 18.3. The van der Waals surface area contributed by atoms with Gasteiger partial charge in [0, 0.05) is 44.4 Å². The van der Waals surface area contributed by atoms with Crippen molar-refractivity contribution in [3.8, 4) is 0 Å². The monoisotopic (exact) mass is 368 g/mol. The molecule has 27 heavy (non-hydrogen) atoms. The van der Waals surface area contributed by atoms with Gasteiger partial charge >= 0.3 is 0 Å². The minimum atomic E-state index is 0.199. The maximum atomic E-state index is 5.54. The number of fused-ring (bicyclic) bond motifs is 1. The number of ether oxygens (including phenoxy) is 1.